The Labute approximate surface area is 135 Å². The number of carbonyl (C=O) groups excluding carboxylic acids is 1. The third-order valence-electron chi connectivity index (χ3n) is 2.32. The van der Waals surface area contributed by atoms with Crippen LogP contribution in [0.3, 0.4) is 0 Å². The SMILES string of the molecule is CCOC(=O)c1cc(I)ccc1NC(C#N)=C(C#N)C#N. The first-order valence-electron chi connectivity index (χ1n) is 5.75. The summed E-state index contributed by atoms with van der Waals surface area (Å²) in [6.45, 7) is 1.90. The van der Waals surface area contributed by atoms with Gasteiger partial charge in [-0.3, -0.25) is 0 Å². The van der Waals surface area contributed by atoms with Crippen LogP contribution >= 0.6 is 22.6 Å². The molecule has 0 unspecified atom stereocenters. The van der Waals surface area contributed by atoms with Gasteiger partial charge in [0.25, 0.3) is 0 Å². The average molecular weight is 392 g/mol. The summed E-state index contributed by atoms with van der Waals surface area (Å²) in [7, 11) is 0. The van der Waals surface area contributed by atoms with Crippen molar-refractivity contribution < 1.29 is 9.53 Å². The van der Waals surface area contributed by atoms with E-state index in [-0.39, 0.29) is 23.4 Å². The Morgan fingerprint density at radius 1 is 1.29 bits per heavy atom. The Morgan fingerprint density at radius 3 is 2.48 bits per heavy atom. The predicted molar refractivity (Wildman–Crippen MR) is 82.6 cm³/mol. The number of allylic oxidation sites excluding steroid dienone is 2. The molecule has 0 fully saturated rings. The molecule has 1 aromatic carbocycles. The van der Waals surface area contributed by atoms with Crippen LogP contribution in [-0.4, -0.2) is 12.6 Å². The average Bonchev–Trinajstić information content (AvgIpc) is 2.48. The lowest BCUT2D eigenvalue weighted by Gasteiger charge is -2.11. The molecule has 0 heterocycles. The zero-order valence-electron chi connectivity index (χ0n) is 11.0. The molecule has 0 saturated carbocycles. The molecule has 104 valence electrons. The quantitative estimate of drug-likeness (QED) is 0.479. The van der Waals surface area contributed by atoms with Gasteiger partial charge in [-0.2, -0.15) is 15.8 Å². The maximum Gasteiger partial charge on any atom is 0.340 e. The molecule has 0 amide bonds. The molecule has 1 rings (SSSR count). The van der Waals surface area contributed by atoms with Crippen molar-refractivity contribution in [3.8, 4) is 18.2 Å². The molecule has 1 N–H and O–H groups in total. The Balaban J connectivity index is 3.30. The molecule has 0 aliphatic carbocycles. The molecule has 6 nitrogen and oxygen atoms in total. The Hall–Kier alpha value is -2.57. The highest BCUT2D eigenvalue weighted by molar-refractivity contribution is 14.1. The molecule has 21 heavy (non-hydrogen) atoms. The number of nitrogens with zero attached hydrogens (tertiary/aromatic N) is 3. The predicted octanol–water partition coefficient (Wildman–Crippen LogP) is 2.70. The van der Waals surface area contributed by atoms with E-state index in [4.69, 9.17) is 20.5 Å². The summed E-state index contributed by atoms with van der Waals surface area (Å²) >= 11 is 2.04. The molecule has 7 heteroatoms. The van der Waals surface area contributed by atoms with Crippen molar-refractivity contribution in [1.29, 1.82) is 15.8 Å². The van der Waals surface area contributed by atoms with E-state index in [2.05, 4.69) is 5.32 Å². The zero-order valence-corrected chi connectivity index (χ0v) is 13.1. The number of nitriles is 3. The van der Waals surface area contributed by atoms with Crippen LogP contribution in [0.25, 0.3) is 0 Å². The molecule has 0 aliphatic rings. The number of nitrogens with one attached hydrogen (secondary N) is 1. The van der Waals surface area contributed by atoms with E-state index < -0.39 is 5.97 Å². The topological polar surface area (TPSA) is 110 Å². The smallest absolute Gasteiger partial charge is 0.340 e. The summed E-state index contributed by atoms with van der Waals surface area (Å²) in [4.78, 5) is 11.9. The van der Waals surface area contributed by atoms with Gasteiger partial charge < -0.3 is 10.1 Å². The number of hydrogen-bond acceptors (Lipinski definition) is 6. The van der Waals surface area contributed by atoms with Crippen molar-refractivity contribution >= 4 is 34.2 Å². The summed E-state index contributed by atoms with van der Waals surface area (Å²) in [5.74, 6) is -0.550. The first kappa shape index (κ1) is 16.5. The minimum atomic E-state index is -0.550. The van der Waals surface area contributed by atoms with Gasteiger partial charge in [0.05, 0.1) is 17.9 Å². The second-order valence-electron chi connectivity index (χ2n) is 3.62. The number of esters is 1. The van der Waals surface area contributed by atoms with Gasteiger partial charge in [0.2, 0.25) is 0 Å². The first-order valence-corrected chi connectivity index (χ1v) is 6.83. The zero-order chi connectivity index (χ0) is 15.8. The largest absolute Gasteiger partial charge is 0.462 e. The Morgan fingerprint density at radius 2 is 1.95 bits per heavy atom. The lowest BCUT2D eigenvalue weighted by atomic mass is 10.1. The van der Waals surface area contributed by atoms with E-state index in [1.807, 2.05) is 22.6 Å². The number of anilines is 1. The normalized spacial score (nSPS) is 8.71. The van der Waals surface area contributed by atoms with E-state index in [1.165, 1.54) is 0 Å². The van der Waals surface area contributed by atoms with Gasteiger partial charge in [0.1, 0.15) is 23.9 Å². The minimum Gasteiger partial charge on any atom is -0.462 e. The molecule has 0 saturated heterocycles. The van der Waals surface area contributed by atoms with Crippen molar-refractivity contribution in [3.05, 3.63) is 38.6 Å². The van der Waals surface area contributed by atoms with Crippen molar-refractivity contribution in [2.45, 2.75) is 6.92 Å². The lowest BCUT2D eigenvalue weighted by Crippen LogP contribution is -2.10. The van der Waals surface area contributed by atoms with Crippen LogP contribution in [0.5, 0.6) is 0 Å². The van der Waals surface area contributed by atoms with Crippen LogP contribution in [0.2, 0.25) is 0 Å². The number of hydrogen-bond donors (Lipinski definition) is 1. The second-order valence-corrected chi connectivity index (χ2v) is 4.87. The molecule has 0 spiro atoms. The molecule has 0 aliphatic heterocycles. The van der Waals surface area contributed by atoms with Gasteiger partial charge in [0, 0.05) is 3.57 Å². The third kappa shape index (κ3) is 4.20. The lowest BCUT2D eigenvalue weighted by molar-refractivity contribution is 0.0527. The summed E-state index contributed by atoms with van der Waals surface area (Å²) in [5.41, 5.74) is -0.0437. The van der Waals surface area contributed by atoms with Gasteiger partial charge in [-0.25, -0.2) is 4.79 Å². The summed E-state index contributed by atoms with van der Waals surface area (Å²) in [6, 6.07) is 9.88. The van der Waals surface area contributed by atoms with Gasteiger partial charge in [-0.05, 0) is 47.7 Å². The van der Waals surface area contributed by atoms with Crippen LogP contribution in [0.1, 0.15) is 17.3 Å². The number of rotatable bonds is 4. The molecular formula is C14H9IN4O2. The molecule has 0 atom stereocenters. The minimum absolute atomic E-state index is 0.215. The highest BCUT2D eigenvalue weighted by Crippen LogP contribution is 2.22. The monoisotopic (exact) mass is 392 g/mol. The van der Waals surface area contributed by atoms with Gasteiger partial charge in [0.15, 0.2) is 5.57 Å². The summed E-state index contributed by atoms with van der Waals surface area (Å²) in [6.07, 6.45) is 0. The number of carbonyl (C=O) groups is 1. The van der Waals surface area contributed by atoms with Crippen molar-refractivity contribution in [1.82, 2.24) is 0 Å². The number of ether oxygens (including phenoxy) is 1. The van der Waals surface area contributed by atoms with Crippen molar-refractivity contribution in [2.24, 2.45) is 0 Å². The molecular weight excluding hydrogens is 383 g/mol. The first-order chi connectivity index (χ1) is 10.1. The Kier molecular flexibility index (Phi) is 6.19. The van der Waals surface area contributed by atoms with E-state index >= 15 is 0 Å². The Bertz CT molecular complexity index is 704. The van der Waals surface area contributed by atoms with Gasteiger partial charge in [-0.15, -0.1) is 0 Å². The highest BCUT2D eigenvalue weighted by Gasteiger charge is 2.15. The fourth-order valence-electron chi connectivity index (χ4n) is 1.42. The van der Waals surface area contributed by atoms with Crippen LogP contribution in [0, 0.1) is 37.6 Å². The summed E-state index contributed by atoms with van der Waals surface area (Å²) in [5, 5.41) is 29.2. The van der Waals surface area contributed by atoms with Crippen molar-refractivity contribution in [3.63, 3.8) is 0 Å². The van der Waals surface area contributed by atoms with Crippen LogP contribution in [-0.2, 0) is 4.74 Å². The van der Waals surface area contributed by atoms with Crippen LogP contribution < -0.4 is 5.32 Å². The molecule has 0 aromatic heterocycles. The third-order valence-corrected chi connectivity index (χ3v) is 2.99. The maximum atomic E-state index is 11.9. The van der Waals surface area contributed by atoms with Gasteiger partial charge >= 0.3 is 5.97 Å². The van der Waals surface area contributed by atoms with Crippen LogP contribution in [0.4, 0.5) is 5.69 Å². The molecule has 1 aromatic rings. The van der Waals surface area contributed by atoms with Crippen molar-refractivity contribution in [2.75, 3.05) is 11.9 Å². The van der Waals surface area contributed by atoms with Gasteiger partial charge in [-0.1, -0.05) is 0 Å². The molecule has 0 bridgehead atoms. The highest BCUT2D eigenvalue weighted by atomic mass is 127. The second kappa shape index (κ2) is 7.88. The number of halogens is 1. The fraction of sp³-hybridized carbons (Fsp3) is 0.143. The summed E-state index contributed by atoms with van der Waals surface area (Å²) < 4.78 is 5.75. The fourth-order valence-corrected chi connectivity index (χ4v) is 1.91. The van der Waals surface area contributed by atoms with E-state index in [1.54, 1.807) is 43.3 Å². The van der Waals surface area contributed by atoms with Crippen LogP contribution in [0.15, 0.2) is 29.5 Å². The van der Waals surface area contributed by atoms with E-state index in [9.17, 15) is 4.79 Å². The molecule has 0 radical (unpaired) electrons. The van der Waals surface area contributed by atoms with E-state index in [0.29, 0.717) is 5.69 Å². The maximum absolute atomic E-state index is 11.9. The number of benzene rings is 1. The standard InChI is InChI=1S/C14H9IN4O2/c1-2-21-14(20)11-5-10(15)3-4-12(11)19-13(8-18)9(6-16)7-17/h3-5,19H,2H2,1H3. The van der Waals surface area contributed by atoms with E-state index in [0.717, 1.165) is 3.57 Å².